The Bertz CT molecular complexity index is 979. The lowest BCUT2D eigenvalue weighted by Gasteiger charge is -2.11. The second-order valence-electron chi connectivity index (χ2n) is 5.40. The van der Waals surface area contributed by atoms with Crippen molar-refractivity contribution in [3.63, 3.8) is 0 Å². The number of pyridine rings is 1. The van der Waals surface area contributed by atoms with Crippen molar-refractivity contribution >= 4 is 5.82 Å². The third kappa shape index (κ3) is 3.40. The Hall–Kier alpha value is -3.46. The summed E-state index contributed by atoms with van der Waals surface area (Å²) in [7, 11) is 0. The number of rotatable bonds is 3. The van der Waals surface area contributed by atoms with Gasteiger partial charge in [0.25, 0.3) is 0 Å². The van der Waals surface area contributed by atoms with Gasteiger partial charge in [-0.15, -0.1) is 0 Å². The van der Waals surface area contributed by atoms with Crippen molar-refractivity contribution in [2.24, 2.45) is 0 Å². The van der Waals surface area contributed by atoms with Crippen molar-refractivity contribution in [3.8, 4) is 28.7 Å². The van der Waals surface area contributed by atoms with Gasteiger partial charge in [-0.2, -0.15) is 5.26 Å². The van der Waals surface area contributed by atoms with Crippen molar-refractivity contribution in [3.05, 3.63) is 71.4 Å². The van der Waals surface area contributed by atoms with Crippen LogP contribution in [0.4, 0.5) is 14.6 Å². The Morgan fingerprint density at radius 2 is 1.76 bits per heavy atom. The lowest BCUT2D eigenvalue weighted by molar-refractivity contribution is 0.475. The van der Waals surface area contributed by atoms with E-state index in [0.29, 0.717) is 22.4 Å². The molecule has 0 aliphatic carbocycles. The molecule has 0 unspecified atom stereocenters. The highest BCUT2D eigenvalue weighted by molar-refractivity contribution is 5.73. The van der Waals surface area contributed by atoms with Crippen LogP contribution in [0.5, 0.6) is 11.5 Å². The summed E-state index contributed by atoms with van der Waals surface area (Å²) in [6.07, 6.45) is 1.49. The molecule has 4 nitrogen and oxygen atoms in total. The van der Waals surface area contributed by atoms with Crippen LogP contribution in [0.2, 0.25) is 0 Å². The van der Waals surface area contributed by atoms with E-state index in [1.54, 1.807) is 13.0 Å². The molecule has 0 radical (unpaired) electrons. The van der Waals surface area contributed by atoms with Crippen LogP contribution in [0.1, 0.15) is 11.1 Å². The summed E-state index contributed by atoms with van der Waals surface area (Å²) < 4.78 is 32.6. The number of ether oxygens (including phenoxy) is 1. The minimum Gasteiger partial charge on any atom is -0.457 e. The molecule has 25 heavy (non-hydrogen) atoms. The van der Waals surface area contributed by atoms with Gasteiger partial charge in [0.2, 0.25) is 0 Å². The molecule has 0 aliphatic rings. The Kier molecular flexibility index (Phi) is 4.31. The summed E-state index contributed by atoms with van der Waals surface area (Å²) in [5.41, 5.74) is 7.62. The highest BCUT2D eigenvalue weighted by Crippen LogP contribution is 2.32. The van der Waals surface area contributed by atoms with E-state index in [0.717, 1.165) is 0 Å². The van der Waals surface area contributed by atoms with Crippen LogP contribution in [0.25, 0.3) is 11.1 Å². The van der Waals surface area contributed by atoms with Gasteiger partial charge in [-0.05, 0) is 54.4 Å². The SMILES string of the molecule is Cc1c(-c2cc(F)cc(Oc3ccc(F)cc3)c2)cnc(N)c1C#N. The summed E-state index contributed by atoms with van der Waals surface area (Å²) in [6, 6.07) is 11.6. The van der Waals surface area contributed by atoms with Crippen LogP contribution >= 0.6 is 0 Å². The normalized spacial score (nSPS) is 10.3. The fourth-order valence-electron chi connectivity index (χ4n) is 2.47. The predicted molar refractivity (Wildman–Crippen MR) is 90.0 cm³/mol. The zero-order valence-electron chi connectivity index (χ0n) is 13.3. The van der Waals surface area contributed by atoms with Gasteiger partial charge in [-0.25, -0.2) is 13.8 Å². The molecule has 0 spiro atoms. The van der Waals surface area contributed by atoms with Gasteiger partial charge in [0.05, 0.1) is 5.56 Å². The number of nitrogens with zero attached hydrogens (tertiary/aromatic N) is 2. The molecule has 6 heteroatoms. The molecule has 124 valence electrons. The van der Waals surface area contributed by atoms with Gasteiger partial charge in [0.1, 0.15) is 35.0 Å². The quantitative estimate of drug-likeness (QED) is 0.759. The van der Waals surface area contributed by atoms with E-state index in [9.17, 15) is 14.0 Å². The first kappa shape index (κ1) is 16.4. The highest BCUT2D eigenvalue weighted by Gasteiger charge is 2.13. The van der Waals surface area contributed by atoms with Gasteiger partial charge in [-0.3, -0.25) is 0 Å². The summed E-state index contributed by atoms with van der Waals surface area (Å²) in [4.78, 5) is 3.99. The first-order valence-corrected chi connectivity index (χ1v) is 7.37. The van der Waals surface area contributed by atoms with E-state index in [4.69, 9.17) is 10.5 Å². The fraction of sp³-hybridized carbons (Fsp3) is 0.0526. The van der Waals surface area contributed by atoms with E-state index in [2.05, 4.69) is 4.98 Å². The van der Waals surface area contributed by atoms with Crippen LogP contribution in [0.15, 0.2) is 48.7 Å². The van der Waals surface area contributed by atoms with E-state index in [1.165, 1.54) is 42.6 Å². The molecule has 2 aromatic carbocycles. The molecule has 0 fully saturated rings. The first-order chi connectivity index (χ1) is 12.0. The Balaban J connectivity index is 2.03. The van der Waals surface area contributed by atoms with E-state index >= 15 is 0 Å². The van der Waals surface area contributed by atoms with Crippen molar-refractivity contribution in [1.82, 2.24) is 4.98 Å². The summed E-state index contributed by atoms with van der Waals surface area (Å²) in [6.45, 7) is 1.72. The van der Waals surface area contributed by atoms with Crippen LogP contribution in [0.3, 0.4) is 0 Å². The van der Waals surface area contributed by atoms with E-state index < -0.39 is 5.82 Å². The van der Waals surface area contributed by atoms with E-state index in [-0.39, 0.29) is 22.9 Å². The molecular weight excluding hydrogens is 324 g/mol. The molecule has 0 saturated carbocycles. The molecule has 0 saturated heterocycles. The number of hydrogen-bond donors (Lipinski definition) is 1. The number of nitrogen functional groups attached to an aromatic ring is 1. The number of aromatic nitrogens is 1. The average molecular weight is 337 g/mol. The number of halogens is 2. The summed E-state index contributed by atoms with van der Waals surface area (Å²) in [5, 5.41) is 9.20. The summed E-state index contributed by atoms with van der Waals surface area (Å²) >= 11 is 0. The molecule has 3 rings (SSSR count). The maximum atomic E-state index is 14.0. The fourth-order valence-corrected chi connectivity index (χ4v) is 2.47. The van der Waals surface area contributed by atoms with Crippen LogP contribution < -0.4 is 10.5 Å². The van der Waals surface area contributed by atoms with Crippen molar-refractivity contribution in [1.29, 1.82) is 5.26 Å². The zero-order chi connectivity index (χ0) is 18.0. The lowest BCUT2D eigenvalue weighted by atomic mass is 9.99. The Labute approximate surface area is 143 Å². The molecule has 0 amide bonds. The predicted octanol–water partition coefficient (Wildman–Crippen LogP) is 4.58. The van der Waals surface area contributed by atoms with Crippen LogP contribution in [-0.4, -0.2) is 4.98 Å². The minimum absolute atomic E-state index is 0.128. The largest absolute Gasteiger partial charge is 0.457 e. The van der Waals surface area contributed by atoms with Gasteiger partial charge in [-0.1, -0.05) is 0 Å². The number of anilines is 1. The number of nitrogens with two attached hydrogens (primary N) is 1. The second-order valence-corrected chi connectivity index (χ2v) is 5.40. The minimum atomic E-state index is -0.510. The molecule has 0 aliphatic heterocycles. The molecule has 1 heterocycles. The Morgan fingerprint density at radius 1 is 1.04 bits per heavy atom. The highest BCUT2D eigenvalue weighted by atomic mass is 19.1. The molecule has 0 bridgehead atoms. The molecule has 3 aromatic rings. The number of benzene rings is 2. The zero-order valence-corrected chi connectivity index (χ0v) is 13.3. The molecule has 2 N–H and O–H groups in total. The Morgan fingerprint density at radius 3 is 2.44 bits per heavy atom. The molecule has 1 aromatic heterocycles. The van der Waals surface area contributed by atoms with Gasteiger partial charge < -0.3 is 10.5 Å². The second kappa shape index (κ2) is 6.57. The molecular formula is C19H13F2N3O. The maximum Gasteiger partial charge on any atom is 0.141 e. The topological polar surface area (TPSA) is 71.9 Å². The third-order valence-electron chi connectivity index (χ3n) is 3.71. The van der Waals surface area contributed by atoms with Gasteiger partial charge in [0.15, 0.2) is 0 Å². The van der Waals surface area contributed by atoms with E-state index in [1.807, 2.05) is 6.07 Å². The van der Waals surface area contributed by atoms with Gasteiger partial charge >= 0.3 is 0 Å². The molecule has 0 atom stereocenters. The lowest BCUT2D eigenvalue weighted by Crippen LogP contribution is -1.99. The van der Waals surface area contributed by atoms with Crippen LogP contribution in [-0.2, 0) is 0 Å². The monoisotopic (exact) mass is 337 g/mol. The standard InChI is InChI=1S/C19H13F2N3O/c1-11-17(9-22)19(23)24-10-18(11)12-6-14(21)8-16(7-12)25-15-4-2-13(20)3-5-15/h2-8,10H,1H3,(H2,23,24). The summed E-state index contributed by atoms with van der Waals surface area (Å²) in [5.74, 6) is -0.147. The third-order valence-corrected chi connectivity index (χ3v) is 3.71. The maximum absolute atomic E-state index is 14.0. The van der Waals surface area contributed by atoms with Crippen molar-refractivity contribution in [2.75, 3.05) is 5.73 Å². The number of nitriles is 1. The van der Waals surface area contributed by atoms with Gasteiger partial charge in [0, 0.05) is 17.8 Å². The van der Waals surface area contributed by atoms with Crippen molar-refractivity contribution < 1.29 is 13.5 Å². The smallest absolute Gasteiger partial charge is 0.141 e. The number of hydrogen-bond acceptors (Lipinski definition) is 4. The van der Waals surface area contributed by atoms with Crippen molar-refractivity contribution in [2.45, 2.75) is 6.92 Å². The average Bonchev–Trinajstić information content (AvgIpc) is 2.57. The first-order valence-electron chi connectivity index (χ1n) is 7.37. The van der Waals surface area contributed by atoms with Crippen LogP contribution in [0, 0.1) is 29.9 Å².